The van der Waals surface area contributed by atoms with Crippen molar-refractivity contribution < 1.29 is 14.7 Å². The SMILES string of the molecule is CN(C)Cc1cc2cc(Cl)ccc2n1C1C(=O)NC(=O)C1(O)c1c[nH]c2ccccc12. The molecule has 31 heavy (non-hydrogen) atoms. The van der Waals surface area contributed by atoms with Crippen LogP contribution in [0.15, 0.2) is 54.7 Å². The van der Waals surface area contributed by atoms with Gasteiger partial charge in [0.2, 0.25) is 5.60 Å². The second-order valence-electron chi connectivity index (χ2n) is 8.18. The summed E-state index contributed by atoms with van der Waals surface area (Å²) in [5.41, 5.74) is 0.561. The fraction of sp³-hybridized carbons (Fsp3) is 0.217. The van der Waals surface area contributed by atoms with E-state index in [4.69, 9.17) is 11.6 Å². The number of fused-ring (bicyclic) bond motifs is 2. The first-order valence-corrected chi connectivity index (χ1v) is 10.3. The maximum Gasteiger partial charge on any atom is 0.266 e. The molecule has 2 aromatic carbocycles. The largest absolute Gasteiger partial charge is 0.373 e. The Labute approximate surface area is 183 Å². The molecule has 5 rings (SSSR count). The third-order valence-electron chi connectivity index (χ3n) is 5.84. The van der Waals surface area contributed by atoms with Gasteiger partial charge in [-0.3, -0.25) is 14.9 Å². The van der Waals surface area contributed by atoms with Gasteiger partial charge in [-0.05, 0) is 44.4 Å². The molecule has 0 aliphatic carbocycles. The predicted octanol–water partition coefficient (Wildman–Crippen LogP) is 2.92. The quantitative estimate of drug-likeness (QED) is 0.429. The Balaban J connectivity index is 1.79. The highest BCUT2D eigenvalue weighted by atomic mass is 35.5. The molecule has 2 amide bonds. The zero-order valence-corrected chi connectivity index (χ0v) is 17.8. The van der Waals surface area contributed by atoms with E-state index in [0.717, 1.165) is 22.1 Å². The van der Waals surface area contributed by atoms with Gasteiger partial charge in [-0.1, -0.05) is 29.8 Å². The lowest BCUT2D eigenvalue weighted by Crippen LogP contribution is -2.41. The number of halogens is 1. The van der Waals surface area contributed by atoms with Gasteiger partial charge in [0, 0.05) is 50.8 Å². The standard InChI is InChI=1S/C23H21ClN4O3/c1-27(2)12-15-10-13-9-14(24)7-8-19(13)28(15)20-21(29)26-22(30)23(20,31)17-11-25-18-6-4-3-5-16(17)18/h3-11,20,25,31H,12H2,1-2H3,(H,26,29,30). The Hall–Kier alpha value is -3.13. The minimum absolute atomic E-state index is 0.364. The third kappa shape index (κ3) is 2.89. The predicted molar refractivity (Wildman–Crippen MR) is 119 cm³/mol. The van der Waals surface area contributed by atoms with E-state index >= 15 is 0 Å². The molecular formula is C23H21ClN4O3. The summed E-state index contributed by atoms with van der Waals surface area (Å²) in [6.07, 6.45) is 1.60. The van der Waals surface area contributed by atoms with Crippen molar-refractivity contribution in [3.8, 4) is 0 Å². The number of carbonyl (C=O) groups is 2. The minimum atomic E-state index is -2.08. The highest BCUT2D eigenvalue weighted by molar-refractivity contribution is 6.31. The molecule has 0 bridgehead atoms. The number of aliphatic hydroxyl groups is 1. The Morgan fingerprint density at radius 2 is 1.94 bits per heavy atom. The Morgan fingerprint density at radius 3 is 2.71 bits per heavy atom. The first-order valence-electron chi connectivity index (χ1n) is 9.89. The van der Waals surface area contributed by atoms with Gasteiger partial charge < -0.3 is 19.6 Å². The fourth-order valence-electron chi connectivity index (χ4n) is 4.56. The highest BCUT2D eigenvalue weighted by Gasteiger charge is 2.58. The van der Waals surface area contributed by atoms with E-state index in [1.807, 2.05) is 61.5 Å². The maximum absolute atomic E-state index is 13.1. The van der Waals surface area contributed by atoms with Gasteiger partial charge in [0.1, 0.15) is 0 Å². The van der Waals surface area contributed by atoms with Gasteiger partial charge in [0.05, 0.1) is 0 Å². The number of hydrogen-bond acceptors (Lipinski definition) is 4. The molecule has 1 fully saturated rings. The van der Waals surface area contributed by atoms with Crippen molar-refractivity contribution in [3.63, 3.8) is 0 Å². The number of rotatable bonds is 4. The summed E-state index contributed by atoms with van der Waals surface area (Å²) in [5, 5.41) is 16.3. The summed E-state index contributed by atoms with van der Waals surface area (Å²) in [7, 11) is 3.83. The van der Waals surface area contributed by atoms with Crippen LogP contribution in [0.4, 0.5) is 0 Å². The molecule has 3 heterocycles. The summed E-state index contributed by atoms with van der Waals surface area (Å²) in [5.74, 6) is -1.29. The van der Waals surface area contributed by atoms with Crippen molar-refractivity contribution in [2.24, 2.45) is 0 Å². The number of nitrogens with zero attached hydrogens (tertiary/aromatic N) is 2. The molecule has 1 aliphatic rings. The topological polar surface area (TPSA) is 90.4 Å². The number of aromatic amines is 1. The first kappa shape index (κ1) is 19.8. The van der Waals surface area contributed by atoms with Crippen LogP contribution >= 0.6 is 11.6 Å². The summed E-state index contributed by atoms with van der Waals surface area (Å²) in [4.78, 5) is 31.2. The molecular weight excluding hydrogens is 416 g/mol. The Bertz CT molecular complexity index is 1360. The van der Waals surface area contributed by atoms with Gasteiger partial charge in [0.25, 0.3) is 11.8 Å². The van der Waals surface area contributed by atoms with Crippen LogP contribution in [0.5, 0.6) is 0 Å². The molecule has 0 saturated carbocycles. The monoisotopic (exact) mass is 436 g/mol. The van der Waals surface area contributed by atoms with Gasteiger partial charge in [-0.15, -0.1) is 0 Å². The van der Waals surface area contributed by atoms with E-state index in [9.17, 15) is 14.7 Å². The smallest absolute Gasteiger partial charge is 0.266 e. The van der Waals surface area contributed by atoms with Crippen LogP contribution in [0, 0.1) is 0 Å². The lowest BCUT2D eigenvalue weighted by Gasteiger charge is -2.29. The zero-order valence-electron chi connectivity index (χ0n) is 17.0. The maximum atomic E-state index is 13.1. The normalized spacial score (nSPS) is 21.5. The van der Waals surface area contributed by atoms with Crippen molar-refractivity contribution in [1.29, 1.82) is 0 Å². The van der Waals surface area contributed by atoms with Crippen molar-refractivity contribution in [2.45, 2.75) is 18.2 Å². The zero-order chi connectivity index (χ0) is 21.9. The summed E-state index contributed by atoms with van der Waals surface area (Å²) in [6, 6.07) is 13.5. The number of imide groups is 1. The molecule has 7 nitrogen and oxygen atoms in total. The van der Waals surface area contributed by atoms with Gasteiger partial charge >= 0.3 is 0 Å². The van der Waals surface area contributed by atoms with Crippen LogP contribution in [-0.4, -0.2) is 45.5 Å². The molecule has 2 atom stereocenters. The number of aromatic nitrogens is 2. The molecule has 3 N–H and O–H groups in total. The average Bonchev–Trinajstić information content (AvgIpc) is 3.34. The molecule has 0 spiro atoms. The minimum Gasteiger partial charge on any atom is -0.373 e. The number of benzene rings is 2. The second-order valence-corrected chi connectivity index (χ2v) is 8.62. The van der Waals surface area contributed by atoms with Crippen LogP contribution in [0.2, 0.25) is 5.02 Å². The molecule has 8 heteroatoms. The molecule has 0 radical (unpaired) electrons. The summed E-state index contributed by atoms with van der Waals surface area (Å²) < 4.78 is 1.76. The van der Waals surface area contributed by atoms with E-state index in [1.54, 1.807) is 16.8 Å². The van der Waals surface area contributed by atoms with Crippen LogP contribution in [0.25, 0.3) is 21.8 Å². The second kappa shape index (κ2) is 6.95. The lowest BCUT2D eigenvalue weighted by atomic mass is 9.87. The number of para-hydroxylation sites is 1. The number of carbonyl (C=O) groups excluding carboxylic acids is 2. The Morgan fingerprint density at radius 1 is 1.16 bits per heavy atom. The van der Waals surface area contributed by atoms with Gasteiger partial charge in [-0.2, -0.15) is 0 Å². The van der Waals surface area contributed by atoms with E-state index in [1.165, 1.54) is 0 Å². The van der Waals surface area contributed by atoms with Gasteiger partial charge in [-0.25, -0.2) is 0 Å². The third-order valence-corrected chi connectivity index (χ3v) is 6.08. The van der Waals surface area contributed by atoms with Crippen LogP contribution < -0.4 is 5.32 Å². The van der Waals surface area contributed by atoms with Crippen molar-refractivity contribution in [2.75, 3.05) is 14.1 Å². The summed E-state index contributed by atoms with van der Waals surface area (Å²) in [6.45, 7) is 0.508. The van der Waals surface area contributed by atoms with Crippen molar-refractivity contribution in [3.05, 3.63) is 71.0 Å². The lowest BCUT2D eigenvalue weighted by molar-refractivity contribution is -0.138. The molecule has 2 unspecified atom stereocenters. The molecule has 1 saturated heterocycles. The highest BCUT2D eigenvalue weighted by Crippen LogP contribution is 2.44. The molecule has 158 valence electrons. The van der Waals surface area contributed by atoms with Crippen molar-refractivity contribution in [1.82, 2.24) is 19.8 Å². The van der Waals surface area contributed by atoms with Crippen LogP contribution in [0.3, 0.4) is 0 Å². The first-order chi connectivity index (χ1) is 14.8. The van der Waals surface area contributed by atoms with E-state index in [-0.39, 0.29) is 0 Å². The number of nitrogens with one attached hydrogen (secondary N) is 2. The van der Waals surface area contributed by atoms with Gasteiger partial charge in [0.15, 0.2) is 6.04 Å². The molecule has 2 aromatic heterocycles. The van der Waals surface area contributed by atoms with Crippen LogP contribution in [-0.2, 0) is 21.7 Å². The number of amides is 2. The fourth-order valence-corrected chi connectivity index (χ4v) is 4.75. The number of H-pyrrole nitrogens is 1. The van der Waals surface area contributed by atoms with E-state index in [0.29, 0.717) is 22.5 Å². The summed E-state index contributed by atoms with van der Waals surface area (Å²) >= 11 is 6.19. The molecule has 4 aromatic rings. The Kier molecular flexibility index (Phi) is 4.44. The average molecular weight is 437 g/mol. The van der Waals surface area contributed by atoms with E-state index in [2.05, 4.69) is 10.3 Å². The number of hydrogen-bond donors (Lipinski definition) is 3. The molecule has 1 aliphatic heterocycles. The van der Waals surface area contributed by atoms with Crippen molar-refractivity contribution >= 4 is 45.2 Å². The van der Waals surface area contributed by atoms with E-state index < -0.39 is 23.5 Å². The van der Waals surface area contributed by atoms with Crippen LogP contribution in [0.1, 0.15) is 17.3 Å².